The van der Waals surface area contributed by atoms with E-state index in [-0.39, 0.29) is 5.91 Å². The third-order valence-electron chi connectivity index (χ3n) is 4.42. The first-order chi connectivity index (χ1) is 11.3. The van der Waals surface area contributed by atoms with Gasteiger partial charge in [0.25, 0.3) is 0 Å². The molecule has 2 heterocycles. The first-order valence-electron chi connectivity index (χ1n) is 8.45. The SMILES string of the molecule is O=C(CN1CCN(C(=O)NCC(F)(F)F)CC1)N1CCCCCC1. The molecule has 0 aliphatic carbocycles. The number of nitrogens with one attached hydrogen (secondary N) is 1. The molecule has 0 bridgehead atoms. The highest BCUT2D eigenvalue weighted by atomic mass is 19.4. The predicted octanol–water partition coefficient (Wildman–Crippen LogP) is 1.28. The number of carbonyl (C=O) groups excluding carboxylic acids is 2. The molecule has 0 radical (unpaired) electrons. The van der Waals surface area contributed by atoms with Gasteiger partial charge in [-0.1, -0.05) is 12.8 Å². The minimum Gasteiger partial charge on any atom is -0.342 e. The highest BCUT2D eigenvalue weighted by Gasteiger charge is 2.30. The zero-order chi connectivity index (χ0) is 17.6. The predicted molar refractivity (Wildman–Crippen MR) is 82.5 cm³/mol. The molecule has 1 N–H and O–H groups in total. The molecule has 0 aromatic rings. The Morgan fingerprint density at radius 2 is 1.42 bits per heavy atom. The summed E-state index contributed by atoms with van der Waals surface area (Å²) in [6.07, 6.45) is -0.000168. The van der Waals surface area contributed by atoms with Crippen LogP contribution in [0.2, 0.25) is 0 Å². The van der Waals surface area contributed by atoms with Crippen molar-refractivity contribution >= 4 is 11.9 Å². The van der Waals surface area contributed by atoms with Crippen molar-refractivity contribution in [3.63, 3.8) is 0 Å². The molecule has 0 atom stereocenters. The van der Waals surface area contributed by atoms with E-state index in [2.05, 4.69) is 0 Å². The van der Waals surface area contributed by atoms with Crippen LogP contribution >= 0.6 is 0 Å². The average Bonchev–Trinajstić information content (AvgIpc) is 2.82. The van der Waals surface area contributed by atoms with E-state index in [1.807, 2.05) is 15.1 Å². The van der Waals surface area contributed by atoms with Crippen LogP contribution in [-0.2, 0) is 4.79 Å². The Morgan fingerprint density at radius 1 is 0.833 bits per heavy atom. The summed E-state index contributed by atoms with van der Waals surface area (Å²) in [6, 6.07) is -0.703. The molecule has 2 aliphatic heterocycles. The van der Waals surface area contributed by atoms with E-state index in [1.165, 1.54) is 4.90 Å². The summed E-state index contributed by atoms with van der Waals surface area (Å²) in [6.45, 7) is 2.26. The summed E-state index contributed by atoms with van der Waals surface area (Å²) in [5.41, 5.74) is 0. The third kappa shape index (κ3) is 6.18. The minimum atomic E-state index is -4.41. The fourth-order valence-corrected chi connectivity index (χ4v) is 3.01. The van der Waals surface area contributed by atoms with E-state index in [1.54, 1.807) is 0 Å². The molecule has 0 unspecified atom stereocenters. The summed E-state index contributed by atoms with van der Waals surface area (Å²) >= 11 is 0. The van der Waals surface area contributed by atoms with E-state index in [0.717, 1.165) is 38.8 Å². The van der Waals surface area contributed by atoms with Crippen LogP contribution in [0.25, 0.3) is 0 Å². The molecule has 2 fully saturated rings. The maximum atomic E-state index is 12.3. The van der Waals surface area contributed by atoms with Gasteiger partial charge in [-0.2, -0.15) is 13.2 Å². The Bertz CT molecular complexity index is 429. The second kappa shape index (κ2) is 8.55. The van der Waals surface area contributed by atoms with Crippen molar-refractivity contribution in [3.05, 3.63) is 0 Å². The third-order valence-corrected chi connectivity index (χ3v) is 4.42. The quantitative estimate of drug-likeness (QED) is 0.834. The molecule has 9 heteroatoms. The second-order valence-electron chi connectivity index (χ2n) is 6.33. The minimum absolute atomic E-state index is 0.104. The molecule has 2 aliphatic rings. The van der Waals surface area contributed by atoms with Crippen LogP contribution in [0.15, 0.2) is 0 Å². The fourth-order valence-electron chi connectivity index (χ4n) is 3.01. The number of nitrogens with zero attached hydrogens (tertiary/aromatic N) is 3. The van der Waals surface area contributed by atoms with Gasteiger partial charge in [-0.05, 0) is 12.8 Å². The zero-order valence-electron chi connectivity index (χ0n) is 13.8. The maximum absolute atomic E-state index is 12.3. The van der Waals surface area contributed by atoms with Crippen LogP contribution in [0.5, 0.6) is 0 Å². The number of halogens is 3. The van der Waals surface area contributed by atoms with Crippen molar-refractivity contribution in [2.45, 2.75) is 31.9 Å². The molecule has 0 aromatic heterocycles. The van der Waals surface area contributed by atoms with Crippen LogP contribution in [0, 0.1) is 0 Å². The van der Waals surface area contributed by atoms with Gasteiger partial charge < -0.3 is 15.1 Å². The van der Waals surface area contributed by atoms with Gasteiger partial charge in [-0.25, -0.2) is 4.79 Å². The van der Waals surface area contributed by atoms with E-state index < -0.39 is 18.8 Å². The van der Waals surface area contributed by atoms with Crippen molar-refractivity contribution in [2.24, 2.45) is 0 Å². The lowest BCUT2D eigenvalue weighted by Crippen LogP contribution is -2.54. The van der Waals surface area contributed by atoms with Gasteiger partial charge >= 0.3 is 12.2 Å². The van der Waals surface area contributed by atoms with Crippen LogP contribution in [-0.4, -0.2) is 85.2 Å². The highest BCUT2D eigenvalue weighted by Crippen LogP contribution is 2.13. The number of piperazine rings is 1. The van der Waals surface area contributed by atoms with E-state index in [9.17, 15) is 22.8 Å². The van der Waals surface area contributed by atoms with Crippen LogP contribution in [0.3, 0.4) is 0 Å². The van der Waals surface area contributed by atoms with Gasteiger partial charge in [0, 0.05) is 39.3 Å². The normalized spacial score (nSPS) is 20.6. The van der Waals surface area contributed by atoms with Crippen molar-refractivity contribution in [1.82, 2.24) is 20.0 Å². The monoisotopic (exact) mass is 350 g/mol. The van der Waals surface area contributed by atoms with E-state index >= 15 is 0 Å². The topological polar surface area (TPSA) is 55.9 Å². The lowest BCUT2D eigenvalue weighted by molar-refractivity contribution is -0.132. The van der Waals surface area contributed by atoms with Crippen molar-refractivity contribution in [1.29, 1.82) is 0 Å². The second-order valence-corrected chi connectivity index (χ2v) is 6.33. The Hall–Kier alpha value is -1.51. The number of urea groups is 1. The first-order valence-corrected chi connectivity index (χ1v) is 8.45. The van der Waals surface area contributed by atoms with Gasteiger partial charge in [0.2, 0.25) is 5.91 Å². The van der Waals surface area contributed by atoms with Gasteiger partial charge in [0.05, 0.1) is 6.54 Å². The van der Waals surface area contributed by atoms with Crippen molar-refractivity contribution in [3.8, 4) is 0 Å². The van der Waals surface area contributed by atoms with Crippen LogP contribution < -0.4 is 5.32 Å². The highest BCUT2D eigenvalue weighted by molar-refractivity contribution is 5.78. The largest absolute Gasteiger partial charge is 0.405 e. The van der Waals surface area contributed by atoms with Crippen LogP contribution in [0.1, 0.15) is 25.7 Å². The molecule has 0 spiro atoms. The number of rotatable bonds is 3. The molecular weight excluding hydrogens is 325 g/mol. The Kier molecular flexibility index (Phi) is 6.70. The number of carbonyl (C=O) groups is 2. The summed E-state index contributed by atoms with van der Waals surface area (Å²) in [5.74, 6) is 0.104. The molecule has 0 saturated carbocycles. The van der Waals surface area contributed by atoms with Gasteiger partial charge in [-0.15, -0.1) is 0 Å². The Morgan fingerprint density at radius 3 is 1.96 bits per heavy atom. The molecule has 6 nitrogen and oxygen atoms in total. The van der Waals surface area contributed by atoms with Crippen LogP contribution in [0.4, 0.5) is 18.0 Å². The van der Waals surface area contributed by atoms with E-state index in [0.29, 0.717) is 32.7 Å². The lowest BCUT2D eigenvalue weighted by atomic mass is 10.2. The molecule has 2 saturated heterocycles. The Labute approximate surface area is 139 Å². The zero-order valence-corrected chi connectivity index (χ0v) is 13.8. The van der Waals surface area contributed by atoms with Gasteiger partial charge in [0.15, 0.2) is 0 Å². The molecule has 24 heavy (non-hydrogen) atoms. The average molecular weight is 350 g/mol. The van der Waals surface area contributed by atoms with Gasteiger partial charge in [0.1, 0.15) is 6.54 Å². The Balaban J connectivity index is 1.70. The molecule has 138 valence electrons. The summed E-state index contributed by atoms with van der Waals surface area (Å²) in [5, 5.41) is 1.87. The summed E-state index contributed by atoms with van der Waals surface area (Å²) in [7, 11) is 0. The number of likely N-dealkylation sites (tertiary alicyclic amines) is 1. The smallest absolute Gasteiger partial charge is 0.342 e. The number of hydrogen-bond donors (Lipinski definition) is 1. The summed E-state index contributed by atoms with van der Waals surface area (Å²) in [4.78, 5) is 29.2. The van der Waals surface area contributed by atoms with E-state index in [4.69, 9.17) is 0 Å². The number of alkyl halides is 3. The first kappa shape index (κ1) is 18.8. The van der Waals surface area contributed by atoms with Crippen molar-refractivity contribution < 1.29 is 22.8 Å². The summed E-state index contributed by atoms with van der Waals surface area (Å²) < 4.78 is 36.3. The number of amides is 3. The fraction of sp³-hybridized carbons (Fsp3) is 0.867. The maximum Gasteiger partial charge on any atom is 0.405 e. The van der Waals surface area contributed by atoms with Gasteiger partial charge in [-0.3, -0.25) is 9.69 Å². The van der Waals surface area contributed by atoms with Crippen molar-refractivity contribution in [2.75, 3.05) is 52.4 Å². The molecule has 2 rings (SSSR count). The molecular formula is C15H25F3N4O2. The lowest BCUT2D eigenvalue weighted by Gasteiger charge is -2.35. The molecule has 0 aromatic carbocycles. The molecule has 3 amide bonds. The number of hydrogen-bond acceptors (Lipinski definition) is 3. The standard InChI is InChI=1S/C15H25F3N4O2/c16-15(17,18)12-19-14(24)22-9-7-20(8-10-22)11-13(23)21-5-3-1-2-4-6-21/h1-12H2,(H,19,24).